The molecule has 34 heavy (non-hydrogen) atoms. The quantitative estimate of drug-likeness (QED) is 0.505. The van der Waals surface area contributed by atoms with E-state index >= 15 is 0 Å². The van der Waals surface area contributed by atoms with Gasteiger partial charge >= 0.3 is 0 Å². The zero-order chi connectivity index (χ0) is 23.8. The summed E-state index contributed by atoms with van der Waals surface area (Å²) < 4.78 is 35.0. The van der Waals surface area contributed by atoms with Crippen molar-refractivity contribution in [3.8, 4) is 11.6 Å². The second-order valence-electron chi connectivity index (χ2n) is 8.64. The van der Waals surface area contributed by atoms with Crippen molar-refractivity contribution < 1.29 is 13.5 Å². The number of halogens is 3. The van der Waals surface area contributed by atoms with Crippen LogP contribution in [0.3, 0.4) is 0 Å². The number of likely N-dealkylation sites (N-methyl/N-ethyl adjacent to an activating group) is 1. The Hall–Kier alpha value is -3.23. The lowest BCUT2D eigenvalue weighted by Crippen LogP contribution is -2.44. The van der Waals surface area contributed by atoms with E-state index in [2.05, 4.69) is 32.1 Å². The van der Waals surface area contributed by atoms with Gasteiger partial charge in [0.15, 0.2) is 17.4 Å². The summed E-state index contributed by atoms with van der Waals surface area (Å²) in [5, 5.41) is 3.21. The van der Waals surface area contributed by atoms with Gasteiger partial charge in [-0.2, -0.15) is 4.98 Å². The van der Waals surface area contributed by atoms with Crippen LogP contribution >= 0.6 is 11.6 Å². The number of hydrogen-bond acceptors (Lipinski definition) is 6. The second kappa shape index (κ2) is 9.19. The van der Waals surface area contributed by atoms with Crippen molar-refractivity contribution in [3.63, 3.8) is 0 Å². The Kier molecular flexibility index (Phi) is 6.10. The highest BCUT2D eigenvalue weighted by Gasteiger charge is 2.24. The first-order valence-electron chi connectivity index (χ1n) is 11.1. The molecule has 3 aromatic rings. The molecule has 1 fully saturated rings. The highest BCUT2D eigenvalue weighted by molar-refractivity contribution is 6.34. The van der Waals surface area contributed by atoms with E-state index in [1.165, 1.54) is 6.33 Å². The molecule has 2 heterocycles. The van der Waals surface area contributed by atoms with Gasteiger partial charge in [0.2, 0.25) is 5.88 Å². The van der Waals surface area contributed by atoms with Gasteiger partial charge in [-0.05, 0) is 44.7 Å². The van der Waals surface area contributed by atoms with E-state index < -0.39 is 11.6 Å². The Morgan fingerprint density at radius 1 is 1.06 bits per heavy atom. The van der Waals surface area contributed by atoms with E-state index in [0.717, 1.165) is 49.2 Å². The van der Waals surface area contributed by atoms with E-state index in [9.17, 15) is 8.78 Å². The molecule has 0 radical (unpaired) electrons. The van der Waals surface area contributed by atoms with E-state index in [0.29, 0.717) is 17.8 Å². The SMILES string of the molecule is CC1=Cc2c(F)c(Oc3ncnc(Nc4ccc(N5CCN(C)CC5)cc4)c3Cl)cc(F)c2C1. The molecule has 9 heteroatoms. The van der Waals surface area contributed by atoms with Crippen molar-refractivity contribution in [1.29, 1.82) is 0 Å². The Bertz CT molecular complexity index is 1260. The minimum Gasteiger partial charge on any atom is -0.434 e. The number of hydrogen-bond donors (Lipinski definition) is 1. The molecule has 1 N–H and O–H groups in total. The molecule has 6 nitrogen and oxygen atoms in total. The first-order valence-corrected chi connectivity index (χ1v) is 11.4. The van der Waals surface area contributed by atoms with E-state index in [1.54, 1.807) is 6.08 Å². The van der Waals surface area contributed by atoms with Gasteiger partial charge in [-0.25, -0.2) is 13.8 Å². The average Bonchev–Trinajstić information content (AvgIpc) is 3.23. The molecule has 0 bridgehead atoms. The van der Waals surface area contributed by atoms with Crippen LogP contribution in [-0.2, 0) is 6.42 Å². The zero-order valence-corrected chi connectivity index (χ0v) is 19.7. The summed E-state index contributed by atoms with van der Waals surface area (Å²) in [7, 11) is 2.13. The zero-order valence-electron chi connectivity index (χ0n) is 18.9. The largest absolute Gasteiger partial charge is 0.434 e. The van der Waals surface area contributed by atoms with Crippen LogP contribution in [0.15, 0.2) is 42.2 Å². The van der Waals surface area contributed by atoms with Gasteiger partial charge in [0, 0.05) is 54.7 Å². The Morgan fingerprint density at radius 3 is 2.53 bits per heavy atom. The molecule has 1 saturated heterocycles. The van der Waals surface area contributed by atoms with E-state index in [4.69, 9.17) is 16.3 Å². The topological polar surface area (TPSA) is 53.5 Å². The molecule has 176 valence electrons. The molecule has 0 spiro atoms. The molecule has 2 aromatic carbocycles. The van der Waals surface area contributed by atoms with E-state index in [1.807, 2.05) is 31.2 Å². The van der Waals surface area contributed by atoms with Crippen LogP contribution in [0, 0.1) is 11.6 Å². The Labute approximate surface area is 201 Å². The van der Waals surface area contributed by atoms with Gasteiger partial charge in [0.1, 0.15) is 17.2 Å². The van der Waals surface area contributed by atoms with Crippen LogP contribution in [0.25, 0.3) is 6.08 Å². The van der Waals surface area contributed by atoms with Crippen LogP contribution in [0.1, 0.15) is 18.1 Å². The van der Waals surface area contributed by atoms with Crippen LogP contribution in [0.2, 0.25) is 5.02 Å². The van der Waals surface area contributed by atoms with Crippen LogP contribution in [-0.4, -0.2) is 48.1 Å². The van der Waals surface area contributed by atoms with Crippen LogP contribution in [0.5, 0.6) is 11.6 Å². The summed E-state index contributed by atoms with van der Waals surface area (Å²) in [6, 6.07) is 8.99. The number of anilines is 3. The van der Waals surface area contributed by atoms with Crippen molar-refractivity contribution >= 4 is 34.9 Å². The third kappa shape index (κ3) is 4.43. The normalized spacial score (nSPS) is 15.8. The summed E-state index contributed by atoms with van der Waals surface area (Å²) in [5.41, 5.74) is 3.35. The first kappa shape index (κ1) is 22.6. The molecule has 1 aliphatic heterocycles. The number of benzene rings is 2. The maximum absolute atomic E-state index is 15.0. The fraction of sp³-hybridized carbons (Fsp3) is 0.280. The number of ether oxygens (including phenoxy) is 1. The number of nitrogens with one attached hydrogen (secondary N) is 1. The maximum atomic E-state index is 15.0. The summed E-state index contributed by atoms with van der Waals surface area (Å²) in [6.45, 7) is 5.86. The summed E-state index contributed by atoms with van der Waals surface area (Å²) in [6.07, 6.45) is 3.27. The van der Waals surface area contributed by atoms with Crippen molar-refractivity contribution in [2.24, 2.45) is 0 Å². The van der Waals surface area contributed by atoms with Gasteiger partial charge in [0.05, 0.1) is 0 Å². The highest BCUT2D eigenvalue weighted by Crippen LogP contribution is 2.38. The fourth-order valence-electron chi connectivity index (χ4n) is 4.21. The molecule has 1 aromatic heterocycles. The van der Waals surface area contributed by atoms with Gasteiger partial charge in [-0.3, -0.25) is 0 Å². The molecule has 5 rings (SSSR count). The monoisotopic (exact) mass is 483 g/mol. The predicted octanol–water partition coefficient (Wildman–Crippen LogP) is 5.66. The van der Waals surface area contributed by atoms with Crippen molar-refractivity contribution in [2.75, 3.05) is 43.4 Å². The standard InChI is InChI=1S/C25H24ClF2N5O/c1-15-11-18-19(12-15)23(28)21(13-20(18)27)34-25-22(26)24(29-14-30-25)31-16-3-5-17(6-4-16)33-9-7-32(2)8-10-33/h3-6,12-14H,7-11H2,1-2H3,(H,29,30,31). The third-order valence-corrected chi connectivity index (χ3v) is 6.47. The van der Waals surface area contributed by atoms with Gasteiger partial charge in [-0.1, -0.05) is 23.3 Å². The minimum atomic E-state index is -0.642. The summed E-state index contributed by atoms with van der Waals surface area (Å²) >= 11 is 6.45. The van der Waals surface area contributed by atoms with Gasteiger partial charge in [-0.15, -0.1) is 0 Å². The summed E-state index contributed by atoms with van der Waals surface area (Å²) in [4.78, 5) is 12.8. The van der Waals surface area contributed by atoms with Gasteiger partial charge < -0.3 is 19.9 Å². The van der Waals surface area contributed by atoms with E-state index in [-0.39, 0.29) is 22.2 Å². The van der Waals surface area contributed by atoms with Crippen molar-refractivity contribution in [3.05, 3.63) is 70.0 Å². The number of allylic oxidation sites excluding steroid dienone is 1. The molecule has 1 aliphatic carbocycles. The molecule has 0 unspecified atom stereocenters. The van der Waals surface area contributed by atoms with Crippen LogP contribution in [0.4, 0.5) is 26.0 Å². The molecule has 0 atom stereocenters. The Morgan fingerprint density at radius 2 is 1.79 bits per heavy atom. The minimum absolute atomic E-state index is 0.0647. The molecular formula is C25H24ClF2N5O. The lowest BCUT2D eigenvalue weighted by molar-refractivity contribution is 0.313. The number of fused-ring (bicyclic) bond motifs is 1. The molecule has 0 amide bonds. The molecule has 2 aliphatic rings. The molecular weight excluding hydrogens is 460 g/mol. The number of piperazine rings is 1. The second-order valence-corrected chi connectivity index (χ2v) is 9.01. The van der Waals surface area contributed by atoms with Crippen molar-refractivity contribution in [1.82, 2.24) is 14.9 Å². The van der Waals surface area contributed by atoms with Crippen molar-refractivity contribution in [2.45, 2.75) is 13.3 Å². The summed E-state index contributed by atoms with van der Waals surface area (Å²) in [5.74, 6) is -1.20. The van der Waals surface area contributed by atoms with Gasteiger partial charge in [0.25, 0.3) is 0 Å². The Balaban J connectivity index is 1.34. The smallest absolute Gasteiger partial charge is 0.243 e. The lowest BCUT2D eigenvalue weighted by Gasteiger charge is -2.34. The fourth-order valence-corrected chi connectivity index (χ4v) is 4.40. The predicted molar refractivity (Wildman–Crippen MR) is 130 cm³/mol. The third-order valence-electron chi connectivity index (χ3n) is 6.13. The maximum Gasteiger partial charge on any atom is 0.243 e. The molecule has 0 saturated carbocycles. The number of aromatic nitrogens is 2. The van der Waals surface area contributed by atoms with Crippen LogP contribution < -0.4 is 15.0 Å². The number of nitrogens with zero attached hydrogens (tertiary/aromatic N) is 4. The number of rotatable bonds is 5. The lowest BCUT2D eigenvalue weighted by atomic mass is 10.1. The first-order chi connectivity index (χ1) is 16.4. The average molecular weight is 484 g/mol. The highest BCUT2D eigenvalue weighted by atomic mass is 35.5.